The van der Waals surface area contributed by atoms with Crippen LogP contribution in [0.4, 0.5) is 0 Å². The third-order valence-electron chi connectivity index (χ3n) is 15.7. The van der Waals surface area contributed by atoms with Gasteiger partial charge in [-0.2, -0.15) is 0 Å². The van der Waals surface area contributed by atoms with Gasteiger partial charge in [0.05, 0.1) is 25.4 Å². The average molecular weight is 1040 g/mol. The minimum Gasteiger partial charge on any atom is -0.466 e. The number of esters is 1. The summed E-state index contributed by atoms with van der Waals surface area (Å²) >= 11 is 0. The lowest BCUT2D eigenvalue weighted by Gasteiger charge is -2.20. The summed E-state index contributed by atoms with van der Waals surface area (Å²) in [7, 11) is 0. The summed E-state index contributed by atoms with van der Waals surface area (Å²) in [6.07, 6.45) is 79.5. The van der Waals surface area contributed by atoms with Gasteiger partial charge in [0, 0.05) is 12.8 Å². The fraction of sp³-hybridized carbons (Fsp3) is 0.912. The van der Waals surface area contributed by atoms with E-state index in [0.717, 1.165) is 38.5 Å². The highest BCUT2D eigenvalue weighted by Gasteiger charge is 2.18. The summed E-state index contributed by atoms with van der Waals surface area (Å²) < 4.78 is 5.50. The molecule has 1 amide bonds. The van der Waals surface area contributed by atoms with Crippen LogP contribution in [0.3, 0.4) is 0 Å². The van der Waals surface area contributed by atoms with Gasteiger partial charge in [0.2, 0.25) is 5.91 Å². The number of unbranched alkanes of at least 4 members (excludes halogenated alkanes) is 50. The Labute approximate surface area is 462 Å². The topological polar surface area (TPSA) is 95.9 Å². The Morgan fingerprint density at radius 2 is 0.635 bits per heavy atom. The maximum absolute atomic E-state index is 12.5. The van der Waals surface area contributed by atoms with Gasteiger partial charge in [-0.15, -0.1) is 0 Å². The van der Waals surface area contributed by atoms with E-state index in [2.05, 4.69) is 31.3 Å². The normalized spacial score (nSPS) is 12.6. The SMILES string of the molecule is CCCCCCCCCCCCCCC/C=C/C(O)C(CO)NC(=O)CCCCCCCCCCC/C=C\CCCCCCCCCCCCCCOC(=O)CCCCCCCCCCCCCCCCCCC. The van der Waals surface area contributed by atoms with E-state index in [9.17, 15) is 19.8 Å². The fourth-order valence-electron chi connectivity index (χ4n) is 10.6. The summed E-state index contributed by atoms with van der Waals surface area (Å²) in [6, 6.07) is -0.630. The highest BCUT2D eigenvalue weighted by molar-refractivity contribution is 5.76. The second-order valence-corrected chi connectivity index (χ2v) is 23.2. The van der Waals surface area contributed by atoms with Crippen LogP contribution in [0.15, 0.2) is 24.3 Å². The molecule has 2 unspecified atom stereocenters. The Morgan fingerprint density at radius 1 is 0.365 bits per heavy atom. The van der Waals surface area contributed by atoms with Crippen molar-refractivity contribution < 1.29 is 24.5 Å². The van der Waals surface area contributed by atoms with Gasteiger partial charge in [0.15, 0.2) is 0 Å². The van der Waals surface area contributed by atoms with Crippen LogP contribution in [0.5, 0.6) is 0 Å². The first-order valence-corrected chi connectivity index (χ1v) is 33.6. The van der Waals surface area contributed by atoms with Crippen LogP contribution in [0.25, 0.3) is 0 Å². The maximum Gasteiger partial charge on any atom is 0.305 e. The standard InChI is InChI=1S/C68H131NO5/c1-3-5-7-9-11-13-15-17-19-29-34-38-42-46-50-54-58-62-68(73)74-63-59-55-51-47-43-39-35-31-28-26-24-22-20-21-23-25-27-30-33-37-41-45-49-53-57-61-67(72)69-65(64-70)66(71)60-56-52-48-44-40-36-32-18-16-14-12-10-8-6-4-2/h21,23,56,60,65-66,70-71H,3-20,22,24-55,57-59,61-64H2,1-2H3,(H,69,72)/b23-21-,60-56+. The van der Waals surface area contributed by atoms with E-state index in [4.69, 9.17) is 4.74 Å². The van der Waals surface area contributed by atoms with Gasteiger partial charge < -0.3 is 20.3 Å². The minimum absolute atomic E-state index is 0.0175. The second kappa shape index (κ2) is 63.9. The zero-order valence-electron chi connectivity index (χ0n) is 50.1. The molecule has 0 spiro atoms. The molecule has 438 valence electrons. The Bertz CT molecular complexity index is 1150. The molecule has 74 heavy (non-hydrogen) atoms. The van der Waals surface area contributed by atoms with E-state index in [0.29, 0.717) is 19.4 Å². The number of nitrogens with one attached hydrogen (secondary N) is 1. The Balaban J connectivity index is 3.39. The molecule has 2 atom stereocenters. The van der Waals surface area contributed by atoms with Gasteiger partial charge in [0.1, 0.15) is 0 Å². The van der Waals surface area contributed by atoms with Crippen molar-refractivity contribution in [1.82, 2.24) is 5.32 Å². The molecule has 0 saturated carbocycles. The lowest BCUT2D eigenvalue weighted by molar-refractivity contribution is -0.143. The van der Waals surface area contributed by atoms with Crippen LogP contribution in [0.1, 0.15) is 373 Å². The van der Waals surface area contributed by atoms with E-state index in [-0.39, 0.29) is 18.5 Å². The molecule has 0 fully saturated rings. The molecule has 0 aliphatic rings. The Morgan fingerprint density at radius 3 is 0.959 bits per heavy atom. The van der Waals surface area contributed by atoms with Crippen molar-refractivity contribution in [2.45, 2.75) is 386 Å². The smallest absolute Gasteiger partial charge is 0.305 e. The largest absolute Gasteiger partial charge is 0.466 e. The zero-order chi connectivity index (χ0) is 53.6. The molecule has 0 saturated heterocycles. The number of carbonyl (C=O) groups is 2. The first-order chi connectivity index (χ1) is 36.5. The Kier molecular flexibility index (Phi) is 62.4. The highest BCUT2D eigenvalue weighted by Crippen LogP contribution is 2.18. The molecule has 0 aromatic rings. The molecule has 0 heterocycles. The molecule has 6 heteroatoms. The number of aliphatic hydroxyl groups excluding tert-OH is 2. The lowest BCUT2D eigenvalue weighted by Crippen LogP contribution is -2.45. The first-order valence-electron chi connectivity index (χ1n) is 33.6. The minimum atomic E-state index is -0.846. The third kappa shape index (κ3) is 59.6. The summed E-state index contributed by atoms with van der Waals surface area (Å²) in [4.78, 5) is 24.6. The van der Waals surface area contributed by atoms with Crippen molar-refractivity contribution in [1.29, 1.82) is 0 Å². The summed E-state index contributed by atoms with van der Waals surface area (Å²) in [5, 5.41) is 23.1. The molecule has 3 N–H and O–H groups in total. The fourth-order valence-corrected chi connectivity index (χ4v) is 10.6. The van der Waals surface area contributed by atoms with Crippen LogP contribution in [0.2, 0.25) is 0 Å². The Hall–Kier alpha value is -1.66. The summed E-state index contributed by atoms with van der Waals surface area (Å²) in [5.41, 5.74) is 0. The third-order valence-corrected chi connectivity index (χ3v) is 15.7. The molecule has 0 aromatic carbocycles. The van der Waals surface area contributed by atoms with Crippen molar-refractivity contribution in [3.8, 4) is 0 Å². The van der Waals surface area contributed by atoms with E-state index in [1.54, 1.807) is 6.08 Å². The quantitative estimate of drug-likeness (QED) is 0.0320. The van der Waals surface area contributed by atoms with Gasteiger partial charge in [-0.3, -0.25) is 9.59 Å². The molecule has 0 rings (SSSR count). The lowest BCUT2D eigenvalue weighted by atomic mass is 10.0. The van der Waals surface area contributed by atoms with Gasteiger partial charge in [-0.05, 0) is 57.8 Å². The second-order valence-electron chi connectivity index (χ2n) is 23.2. The highest BCUT2D eigenvalue weighted by atomic mass is 16.5. The van der Waals surface area contributed by atoms with Crippen molar-refractivity contribution in [2.24, 2.45) is 0 Å². The van der Waals surface area contributed by atoms with Crippen molar-refractivity contribution in [2.75, 3.05) is 13.2 Å². The summed E-state index contributed by atoms with van der Waals surface area (Å²) in [6.45, 7) is 4.93. The van der Waals surface area contributed by atoms with Gasteiger partial charge in [-0.25, -0.2) is 0 Å². The predicted octanol–water partition coefficient (Wildman–Crippen LogP) is 21.4. The number of hydrogen-bond acceptors (Lipinski definition) is 5. The van der Waals surface area contributed by atoms with Crippen LogP contribution in [-0.4, -0.2) is 47.4 Å². The van der Waals surface area contributed by atoms with E-state index >= 15 is 0 Å². The van der Waals surface area contributed by atoms with E-state index in [1.165, 1.54) is 308 Å². The van der Waals surface area contributed by atoms with E-state index < -0.39 is 12.1 Å². The van der Waals surface area contributed by atoms with Crippen molar-refractivity contribution >= 4 is 11.9 Å². The molecule has 6 nitrogen and oxygen atoms in total. The molecule has 0 radical (unpaired) electrons. The number of aliphatic hydroxyl groups is 2. The van der Waals surface area contributed by atoms with Gasteiger partial charge >= 0.3 is 5.97 Å². The average Bonchev–Trinajstić information content (AvgIpc) is 3.40. The molecular formula is C68H131NO5. The van der Waals surface area contributed by atoms with Gasteiger partial charge in [-0.1, -0.05) is 327 Å². The molecular weight excluding hydrogens is 911 g/mol. The van der Waals surface area contributed by atoms with Gasteiger partial charge in [0.25, 0.3) is 0 Å². The number of amides is 1. The maximum atomic E-state index is 12.5. The van der Waals surface area contributed by atoms with Crippen molar-refractivity contribution in [3.63, 3.8) is 0 Å². The van der Waals surface area contributed by atoms with E-state index in [1.807, 2.05) is 6.08 Å². The zero-order valence-corrected chi connectivity index (χ0v) is 50.1. The molecule has 0 aliphatic carbocycles. The van der Waals surface area contributed by atoms with Crippen LogP contribution >= 0.6 is 0 Å². The monoisotopic (exact) mass is 1040 g/mol. The first kappa shape index (κ1) is 72.3. The number of ether oxygens (including phenoxy) is 1. The predicted molar refractivity (Wildman–Crippen MR) is 324 cm³/mol. The van der Waals surface area contributed by atoms with Crippen LogP contribution in [0, 0.1) is 0 Å². The number of allylic oxidation sites excluding steroid dienone is 3. The molecule has 0 bridgehead atoms. The summed E-state index contributed by atoms with van der Waals surface area (Å²) in [5.74, 6) is -0.0515. The number of hydrogen-bond donors (Lipinski definition) is 3. The number of rotatable bonds is 63. The van der Waals surface area contributed by atoms with Crippen LogP contribution < -0.4 is 5.32 Å². The van der Waals surface area contributed by atoms with Crippen molar-refractivity contribution in [3.05, 3.63) is 24.3 Å². The molecule has 0 aliphatic heterocycles. The molecule has 0 aromatic heterocycles. The van der Waals surface area contributed by atoms with Crippen LogP contribution in [-0.2, 0) is 14.3 Å². The number of carbonyl (C=O) groups excluding carboxylic acids is 2.